The summed E-state index contributed by atoms with van der Waals surface area (Å²) >= 11 is 0. The molecule has 4 N–H and O–H groups in total. The molecule has 0 aliphatic heterocycles. The lowest BCUT2D eigenvalue weighted by molar-refractivity contribution is -0.129. The zero-order valence-corrected chi connectivity index (χ0v) is 13.0. The Morgan fingerprint density at radius 2 is 1.95 bits per heavy atom. The van der Waals surface area contributed by atoms with Gasteiger partial charge in [-0.25, -0.2) is 0 Å². The number of hydrogen-bond donors (Lipinski definition) is 3. The summed E-state index contributed by atoms with van der Waals surface area (Å²) in [6.45, 7) is 6.05. The number of hydrogen-bond acceptors (Lipinski definition) is 3. The Bertz CT molecular complexity index is 345. The minimum atomic E-state index is -0.865. The van der Waals surface area contributed by atoms with E-state index in [0.29, 0.717) is 12.8 Å². The first-order valence-corrected chi connectivity index (χ1v) is 7.79. The maximum atomic E-state index is 12.7. The molecule has 1 rings (SSSR count). The third-order valence-electron chi connectivity index (χ3n) is 4.15. The number of carbonyl (C=O) groups is 1. The smallest absolute Gasteiger partial charge is 0.234 e. The van der Waals surface area contributed by atoms with Crippen LogP contribution in [0, 0.1) is 11.3 Å². The topological polar surface area (TPSA) is 87.7 Å². The molecule has 0 aromatic heterocycles. The van der Waals surface area contributed by atoms with Gasteiger partial charge in [-0.2, -0.15) is 0 Å². The summed E-state index contributed by atoms with van der Waals surface area (Å²) in [5.74, 6) is 0.711. The van der Waals surface area contributed by atoms with Gasteiger partial charge in [0.05, 0.1) is 0 Å². The second kappa shape index (κ2) is 7.50. The molecule has 20 heavy (non-hydrogen) atoms. The van der Waals surface area contributed by atoms with Crippen LogP contribution in [0.3, 0.4) is 0 Å². The van der Waals surface area contributed by atoms with E-state index in [1.165, 1.54) is 12.8 Å². The molecule has 1 unspecified atom stereocenters. The minimum Gasteiger partial charge on any atom is -0.409 e. The fourth-order valence-corrected chi connectivity index (χ4v) is 2.95. The molecule has 0 radical (unpaired) electrons. The summed E-state index contributed by atoms with van der Waals surface area (Å²) in [4.78, 5) is 12.7. The van der Waals surface area contributed by atoms with Crippen molar-refractivity contribution in [3.63, 3.8) is 0 Å². The Kier molecular flexibility index (Phi) is 6.30. The maximum absolute atomic E-state index is 12.7. The Morgan fingerprint density at radius 3 is 2.35 bits per heavy atom. The normalized spacial score (nSPS) is 17.9. The van der Waals surface area contributed by atoms with Crippen LogP contribution in [0.25, 0.3) is 0 Å². The lowest BCUT2D eigenvalue weighted by Gasteiger charge is -2.32. The molecule has 1 aliphatic carbocycles. The van der Waals surface area contributed by atoms with Crippen molar-refractivity contribution in [2.75, 3.05) is 0 Å². The summed E-state index contributed by atoms with van der Waals surface area (Å²) in [6, 6.07) is 0.148. The zero-order chi connectivity index (χ0) is 15.2. The number of amides is 1. The van der Waals surface area contributed by atoms with Gasteiger partial charge in [-0.15, -0.1) is 0 Å². The largest absolute Gasteiger partial charge is 0.409 e. The zero-order valence-electron chi connectivity index (χ0n) is 13.0. The molecule has 0 aromatic carbocycles. The summed E-state index contributed by atoms with van der Waals surface area (Å²) in [5, 5.41) is 15.2. The lowest BCUT2D eigenvalue weighted by Crippen LogP contribution is -2.52. The summed E-state index contributed by atoms with van der Waals surface area (Å²) < 4.78 is 0. The Balaban J connectivity index is 2.80. The van der Waals surface area contributed by atoms with E-state index in [0.717, 1.165) is 25.2 Å². The Labute approximate surface area is 122 Å². The van der Waals surface area contributed by atoms with Gasteiger partial charge in [-0.3, -0.25) is 4.79 Å². The highest BCUT2D eigenvalue weighted by Gasteiger charge is 2.42. The molecule has 0 aromatic rings. The molecule has 1 saturated carbocycles. The van der Waals surface area contributed by atoms with Gasteiger partial charge in [0.15, 0.2) is 5.84 Å². The Morgan fingerprint density at radius 1 is 1.40 bits per heavy atom. The van der Waals surface area contributed by atoms with Gasteiger partial charge in [-0.1, -0.05) is 44.7 Å². The van der Waals surface area contributed by atoms with E-state index in [1.54, 1.807) is 0 Å². The number of nitrogens with two attached hydrogens (primary N) is 1. The SMILES string of the molecule is CCCC(CCC)(C(=O)NC(C)CC1CC1)C(N)=NO. The van der Waals surface area contributed by atoms with Crippen molar-refractivity contribution in [3.8, 4) is 0 Å². The molecule has 0 bridgehead atoms. The first-order chi connectivity index (χ1) is 9.50. The second-order valence-electron chi connectivity index (χ2n) is 6.12. The van der Waals surface area contributed by atoms with E-state index in [9.17, 15) is 4.79 Å². The third kappa shape index (κ3) is 4.12. The highest BCUT2D eigenvalue weighted by molar-refractivity contribution is 6.06. The van der Waals surface area contributed by atoms with Gasteiger partial charge in [0.1, 0.15) is 5.41 Å². The molecule has 1 atom stereocenters. The molecular formula is C15H29N3O2. The summed E-state index contributed by atoms with van der Waals surface area (Å²) in [7, 11) is 0. The van der Waals surface area contributed by atoms with Gasteiger partial charge in [-0.05, 0) is 32.1 Å². The van der Waals surface area contributed by atoms with Crippen molar-refractivity contribution < 1.29 is 10.0 Å². The van der Waals surface area contributed by atoms with Crippen molar-refractivity contribution in [2.45, 2.75) is 71.8 Å². The molecular weight excluding hydrogens is 254 g/mol. The number of nitrogens with one attached hydrogen (secondary N) is 1. The van der Waals surface area contributed by atoms with Gasteiger partial charge < -0.3 is 16.3 Å². The standard InChI is InChI=1S/C15H29N3O2/c1-4-8-15(9-5-2,13(16)18-20)14(19)17-11(3)10-12-6-7-12/h11-12,20H,4-10H2,1-3H3,(H2,16,18)(H,17,19). The molecule has 1 amide bonds. The molecule has 0 saturated heterocycles. The van der Waals surface area contributed by atoms with E-state index in [2.05, 4.69) is 10.5 Å². The van der Waals surface area contributed by atoms with Crippen LogP contribution in [0.2, 0.25) is 0 Å². The average Bonchev–Trinajstić information content (AvgIpc) is 3.20. The number of carbonyl (C=O) groups excluding carboxylic acids is 1. The number of oxime groups is 1. The third-order valence-corrected chi connectivity index (χ3v) is 4.15. The van der Waals surface area contributed by atoms with Crippen LogP contribution < -0.4 is 11.1 Å². The van der Waals surface area contributed by atoms with Crippen molar-refractivity contribution in [1.82, 2.24) is 5.32 Å². The van der Waals surface area contributed by atoms with E-state index in [1.807, 2.05) is 20.8 Å². The first-order valence-electron chi connectivity index (χ1n) is 7.79. The molecule has 116 valence electrons. The van der Waals surface area contributed by atoms with Crippen molar-refractivity contribution >= 4 is 11.7 Å². The van der Waals surface area contributed by atoms with Crippen molar-refractivity contribution in [1.29, 1.82) is 0 Å². The lowest BCUT2D eigenvalue weighted by atomic mass is 9.77. The summed E-state index contributed by atoms with van der Waals surface area (Å²) in [6.07, 6.45) is 6.43. The molecule has 0 heterocycles. The number of nitrogens with zero attached hydrogens (tertiary/aromatic N) is 1. The highest BCUT2D eigenvalue weighted by Crippen LogP contribution is 2.34. The van der Waals surface area contributed by atoms with Gasteiger partial charge in [0, 0.05) is 6.04 Å². The predicted molar refractivity (Wildman–Crippen MR) is 80.6 cm³/mol. The maximum Gasteiger partial charge on any atom is 0.234 e. The summed E-state index contributed by atoms with van der Waals surface area (Å²) in [5.41, 5.74) is 4.99. The molecule has 5 nitrogen and oxygen atoms in total. The second-order valence-corrected chi connectivity index (χ2v) is 6.12. The van der Waals surface area contributed by atoms with E-state index in [-0.39, 0.29) is 17.8 Å². The molecule has 0 spiro atoms. The van der Waals surface area contributed by atoms with Gasteiger partial charge in [0.2, 0.25) is 5.91 Å². The molecule has 1 aliphatic rings. The monoisotopic (exact) mass is 283 g/mol. The van der Waals surface area contributed by atoms with Crippen molar-refractivity contribution in [2.24, 2.45) is 22.2 Å². The van der Waals surface area contributed by atoms with Gasteiger partial charge >= 0.3 is 0 Å². The van der Waals surface area contributed by atoms with E-state index < -0.39 is 5.41 Å². The predicted octanol–water partition coefficient (Wildman–Crippen LogP) is 2.62. The van der Waals surface area contributed by atoms with Crippen LogP contribution in [0.5, 0.6) is 0 Å². The quantitative estimate of drug-likeness (QED) is 0.263. The van der Waals surface area contributed by atoms with Crippen LogP contribution in [0.4, 0.5) is 0 Å². The van der Waals surface area contributed by atoms with Crippen LogP contribution in [-0.2, 0) is 4.79 Å². The average molecular weight is 283 g/mol. The Hall–Kier alpha value is -1.26. The van der Waals surface area contributed by atoms with Crippen molar-refractivity contribution in [3.05, 3.63) is 0 Å². The van der Waals surface area contributed by atoms with E-state index >= 15 is 0 Å². The van der Waals surface area contributed by atoms with Crippen LogP contribution >= 0.6 is 0 Å². The van der Waals surface area contributed by atoms with Gasteiger partial charge in [0.25, 0.3) is 0 Å². The van der Waals surface area contributed by atoms with E-state index in [4.69, 9.17) is 10.9 Å². The first kappa shape index (κ1) is 16.8. The highest BCUT2D eigenvalue weighted by atomic mass is 16.4. The molecule has 1 fully saturated rings. The number of amidine groups is 1. The fraction of sp³-hybridized carbons (Fsp3) is 0.867. The number of rotatable bonds is 9. The van der Waals surface area contributed by atoms with Crippen LogP contribution in [0.15, 0.2) is 5.16 Å². The fourth-order valence-electron chi connectivity index (χ4n) is 2.95. The van der Waals surface area contributed by atoms with Crippen LogP contribution in [0.1, 0.15) is 65.7 Å². The van der Waals surface area contributed by atoms with Crippen LogP contribution in [-0.4, -0.2) is 23.0 Å². The minimum absolute atomic E-state index is 0.0392. The molecule has 5 heteroatoms.